The Morgan fingerprint density at radius 3 is 2.71 bits per heavy atom. The van der Waals surface area contributed by atoms with E-state index < -0.39 is 0 Å². The average Bonchev–Trinajstić information content (AvgIpc) is 3.31. The molecule has 1 fully saturated rings. The lowest BCUT2D eigenvalue weighted by molar-refractivity contribution is 0.0777. The van der Waals surface area contributed by atoms with Crippen molar-refractivity contribution in [3.05, 3.63) is 29.8 Å². The predicted octanol–water partition coefficient (Wildman–Crippen LogP) is 3.22. The summed E-state index contributed by atoms with van der Waals surface area (Å²) in [4.78, 5) is 2.71. The molecule has 1 saturated carbocycles. The Bertz CT molecular complexity index is 470. The zero-order chi connectivity index (χ0) is 14.8. The van der Waals surface area contributed by atoms with Crippen LogP contribution in [0.1, 0.15) is 44.7 Å². The molecule has 2 unspecified atom stereocenters. The Morgan fingerprint density at radius 2 is 2.05 bits per heavy atom. The van der Waals surface area contributed by atoms with Gasteiger partial charge in [-0.1, -0.05) is 32.0 Å². The predicted molar refractivity (Wildman–Crippen MR) is 86.7 cm³/mol. The van der Waals surface area contributed by atoms with E-state index in [0.717, 1.165) is 24.3 Å². The molecule has 0 spiro atoms. The number of benzene rings is 1. The second-order valence-electron chi connectivity index (χ2n) is 6.83. The van der Waals surface area contributed by atoms with E-state index >= 15 is 0 Å². The van der Waals surface area contributed by atoms with Gasteiger partial charge in [0.25, 0.3) is 0 Å². The van der Waals surface area contributed by atoms with E-state index in [2.05, 4.69) is 55.4 Å². The third-order valence-electron chi connectivity index (χ3n) is 4.77. The molecule has 2 aliphatic rings. The lowest BCUT2D eigenvalue weighted by atomic mass is 9.94. The first-order valence-corrected chi connectivity index (χ1v) is 8.35. The topological polar surface area (TPSA) is 24.5 Å². The number of rotatable bonds is 6. The zero-order valence-electron chi connectivity index (χ0n) is 13.5. The fourth-order valence-corrected chi connectivity index (χ4v) is 3.42. The molecule has 3 rings (SSSR count). The van der Waals surface area contributed by atoms with Gasteiger partial charge in [0.2, 0.25) is 0 Å². The van der Waals surface area contributed by atoms with Gasteiger partial charge in [-0.2, -0.15) is 0 Å². The Balaban J connectivity index is 1.79. The summed E-state index contributed by atoms with van der Waals surface area (Å²) in [6.45, 7) is 6.62. The van der Waals surface area contributed by atoms with Gasteiger partial charge in [0, 0.05) is 11.6 Å². The smallest absolute Gasteiger partial charge is 0.124 e. The molecule has 0 saturated heterocycles. The first kappa shape index (κ1) is 14.9. The largest absolute Gasteiger partial charge is 0.492 e. The molecule has 0 radical (unpaired) electrons. The van der Waals surface area contributed by atoms with Crippen LogP contribution < -0.4 is 10.1 Å². The maximum atomic E-state index is 6.05. The summed E-state index contributed by atoms with van der Waals surface area (Å²) in [5.41, 5.74) is 1.31. The molecule has 21 heavy (non-hydrogen) atoms. The minimum absolute atomic E-state index is 0.378. The molecule has 2 atom stereocenters. The summed E-state index contributed by atoms with van der Waals surface area (Å²) in [6, 6.07) is 10.1. The van der Waals surface area contributed by atoms with E-state index in [1.165, 1.54) is 31.4 Å². The van der Waals surface area contributed by atoms with Crippen molar-refractivity contribution in [2.45, 2.75) is 51.2 Å². The van der Waals surface area contributed by atoms with Crippen LogP contribution in [0, 0.1) is 5.92 Å². The Labute approximate surface area is 128 Å². The van der Waals surface area contributed by atoms with Gasteiger partial charge in [-0.05, 0) is 44.8 Å². The molecular formula is C18H28N2O. The van der Waals surface area contributed by atoms with E-state index in [1.54, 1.807) is 0 Å². The van der Waals surface area contributed by atoms with Gasteiger partial charge in [-0.15, -0.1) is 0 Å². The molecule has 1 aliphatic carbocycles. The fourth-order valence-electron chi connectivity index (χ4n) is 3.42. The molecule has 116 valence electrons. The van der Waals surface area contributed by atoms with Crippen LogP contribution in [0.4, 0.5) is 0 Å². The standard InChI is InChI=1S/C18H28N2O/c1-13(2)10-11-20(14-8-9-14)16-12-21-17-7-5-4-6-15(17)18(16)19-3/h4-7,13-14,16,18-19H,8-12H2,1-3H3. The summed E-state index contributed by atoms with van der Waals surface area (Å²) in [5, 5.41) is 3.54. The maximum Gasteiger partial charge on any atom is 0.124 e. The average molecular weight is 288 g/mol. The Hall–Kier alpha value is -1.06. The number of fused-ring (bicyclic) bond motifs is 1. The third-order valence-corrected chi connectivity index (χ3v) is 4.77. The van der Waals surface area contributed by atoms with Gasteiger partial charge in [0.15, 0.2) is 0 Å². The number of hydrogen-bond acceptors (Lipinski definition) is 3. The van der Waals surface area contributed by atoms with Crippen molar-refractivity contribution in [1.29, 1.82) is 0 Å². The van der Waals surface area contributed by atoms with Gasteiger partial charge in [0.1, 0.15) is 12.4 Å². The van der Waals surface area contributed by atoms with Gasteiger partial charge in [-0.3, -0.25) is 4.90 Å². The zero-order valence-corrected chi connectivity index (χ0v) is 13.5. The van der Waals surface area contributed by atoms with Crippen LogP contribution in [-0.4, -0.2) is 37.2 Å². The van der Waals surface area contributed by atoms with E-state index in [4.69, 9.17) is 4.74 Å². The SMILES string of the molecule is CNC1c2ccccc2OCC1N(CCC(C)C)C1CC1. The minimum atomic E-state index is 0.378. The van der Waals surface area contributed by atoms with Crippen molar-refractivity contribution in [3.63, 3.8) is 0 Å². The molecular weight excluding hydrogens is 260 g/mol. The lowest BCUT2D eigenvalue weighted by Gasteiger charge is -2.41. The monoisotopic (exact) mass is 288 g/mol. The van der Waals surface area contributed by atoms with Crippen molar-refractivity contribution < 1.29 is 4.74 Å². The molecule has 0 amide bonds. The van der Waals surface area contributed by atoms with Crippen molar-refractivity contribution >= 4 is 0 Å². The quantitative estimate of drug-likeness (QED) is 0.870. The molecule has 3 heteroatoms. The Morgan fingerprint density at radius 1 is 1.29 bits per heavy atom. The number of nitrogens with zero attached hydrogens (tertiary/aromatic N) is 1. The van der Waals surface area contributed by atoms with Crippen molar-refractivity contribution in [2.24, 2.45) is 5.92 Å². The lowest BCUT2D eigenvalue weighted by Crippen LogP contribution is -2.51. The maximum absolute atomic E-state index is 6.05. The van der Waals surface area contributed by atoms with Crippen LogP contribution >= 0.6 is 0 Å². The fraction of sp³-hybridized carbons (Fsp3) is 0.667. The van der Waals surface area contributed by atoms with Crippen molar-refractivity contribution in [3.8, 4) is 5.75 Å². The van der Waals surface area contributed by atoms with Crippen LogP contribution in [0.15, 0.2) is 24.3 Å². The molecule has 1 heterocycles. The number of nitrogens with one attached hydrogen (secondary N) is 1. The van der Waals surface area contributed by atoms with Crippen LogP contribution in [0.25, 0.3) is 0 Å². The Kier molecular flexibility index (Phi) is 4.51. The van der Waals surface area contributed by atoms with Gasteiger partial charge >= 0.3 is 0 Å². The second kappa shape index (κ2) is 6.37. The van der Waals surface area contributed by atoms with E-state index in [9.17, 15) is 0 Å². The summed E-state index contributed by atoms with van der Waals surface area (Å²) >= 11 is 0. The molecule has 1 aromatic carbocycles. The molecule has 1 aromatic rings. The normalized spacial score (nSPS) is 25.0. The second-order valence-corrected chi connectivity index (χ2v) is 6.83. The highest BCUT2D eigenvalue weighted by molar-refractivity contribution is 5.38. The van der Waals surface area contributed by atoms with Crippen molar-refractivity contribution in [2.75, 3.05) is 20.2 Å². The molecule has 1 aliphatic heterocycles. The summed E-state index contributed by atoms with van der Waals surface area (Å²) in [6.07, 6.45) is 3.98. The molecule has 0 aromatic heterocycles. The summed E-state index contributed by atoms with van der Waals surface area (Å²) in [7, 11) is 2.08. The number of para-hydroxylation sites is 1. The highest BCUT2D eigenvalue weighted by Crippen LogP contribution is 2.38. The summed E-state index contributed by atoms with van der Waals surface area (Å²) < 4.78 is 6.05. The first-order valence-electron chi connectivity index (χ1n) is 8.35. The number of hydrogen-bond donors (Lipinski definition) is 1. The minimum Gasteiger partial charge on any atom is -0.492 e. The van der Waals surface area contributed by atoms with E-state index in [0.29, 0.717) is 12.1 Å². The summed E-state index contributed by atoms with van der Waals surface area (Å²) in [5.74, 6) is 1.81. The van der Waals surface area contributed by atoms with Gasteiger partial charge in [-0.25, -0.2) is 0 Å². The van der Waals surface area contributed by atoms with Gasteiger partial charge < -0.3 is 10.1 Å². The third kappa shape index (κ3) is 3.24. The molecule has 1 N–H and O–H groups in total. The van der Waals surface area contributed by atoms with E-state index in [1.807, 2.05) is 0 Å². The highest BCUT2D eigenvalue weighted by atomic mass is 16.5. The number of ether oxygens (including phenoxy) is 1. The van der Waals surface area contributed by atoms with Gasteiger partial charge in [0.05, 0.1) is 12.1 Å². The van der Waals surface area contributed by atoms with Crippen LogP contribution in [0.3, 0.4) is 0 Å². The van der Waals surface area contributed by atoms with Crippen LogP contribution in [0.5, 0.6) is 5.75 Å². The first-order chi connectivity index (χ1) is 10.2. The van der Waals surface area contributed by atoms with Crippen LogP contribution in [0.2, 0.25) is 0 Å². The van der Waals surface area contributed by atoms with Crippen LogP contribution in [-0.2, 0) is 0 Å². The number of likely N-dealkylation sites (N-methyl/N-ethyl adjacent to an activating group) is 1. The van der Waals surface area contributed by atoms with Crippen molar-refractivity contribution in [1.82, 2.24) is 10.2 Å². The highest BCUT2D eigenvalue weighted by Gasteiger charge is 2.40. The molecule has 0 bridgehead atoms. The van der Waals surface area contributed by atoms with E-state index in [-0.39, 0.29) is 0 Å². The molecule has 3 nitrogen and oxygen atoms in total.